The quantitative estimate of drug-likeness (QED) is 0.926. The standard InChI is InChI=1S/C16H22N4O2/c1-12(21)20(13-7-8-13)11-14-5-4-10-19(14)16(22)18-15-6-2-3-9-17-15/h2-3,6,9,13-14H,4-5,7-8,10-11H2,1H3,(H,17,18,22)/t14-/m1/s1. The fourth-order valence-corrected chi connectivity index (χ4v) is 3.06. The third-order valence-electron chi connectivity index (χ3n) is 4.34. The van der Waals surface area contributed by atoms with Gasteiger partial charge in [0.2, 0.25) is 5.91 Å². The van der Waals surface area contributed by atoms with Crippen LogP contribution in [0.25, 0.3) is 0 Å². The highest BCUT2D eigenvalue weighted by atomic mass is 16.2. The molecule has 1 aromatic rings. The van der Waals surface area contributed by atoms with Crippen molar-refractivity contribution in [2.75, 3.05) is 18.4 Å². The zero-order valence-corrected chi connectivity index (χ0v) is 12.9. The Kier molecular flexibility index (Phi) is 4.27. The van der Waals surface area contributed by atoms with Crippen molar-refractivity contribution in [3.63, 3.8) is 0 Å². The number of urea groups is 1. The lowest BCUT2D eigenvalue weighted by atomic mass is 10.2. The normalized spacial score (nSPS) is 20.8. The van der Waals surface area contributed by atoms with Crippen molar-refractivity contribution in [2.24, 2.45) is 0 Å². The molecule has 0 aromatic carbocycles. The molecule has 1 saturated carbocycles. The second-order valence-corrected chi connectivity index (χ2v) is 6.04. The lowest BCUT2D eigenvalue weighted by Gasteiger charge is -2.30. The number of likely N-dealkylation sites (tertiary alicyclic amines) is 1. The van der Waals surface area contributed by atoms with E-state index in [-0.39, 0.29) is 18.0 Å². The van der Waals surface area contributed by atoms with E-state index >= 15 is 0 Å². The van der Waals surface area contributed by atoms with Gasteiger partial charge in [0.1, 0.15) is 5.82 Å². The Hall–Kier alpha value is -2.11. The Bertz CT molecular complexity index is 544. The number of carbonyl (C=O) groups excluding carboxylic acids is 2. The van der Waals surface area contributed by atoms with Crippen LogP contribution in [0.15, 0.2) is 24.4 Å². The molecular weight excluding hydrogens is 280 g/mol. The summed E-state index contributed by atoms with van der Waals surface area (Å²) in [5.74, 6) is 0.670. The summed E-state index contributed by atoms with van der Waals surface area (Å²) >= 11 is 0. The van der Waals surface area contributed by atoms with Crippen LogP contribution in [0.4, 0.5) is 10.6 Å². The van der Waals surface area contributed by atoms with Crippen LogP contribution in [0.1, 0.15) is 32.6 Å². The van der Waals surface area contributed by atoms with Crippen LogP contribution in [0, 0.1) is 0 Å². The predicted molar refractivity (Wildman–Crippen MR) is 83.4 cm³/mol. The lowest BCUT2D eigenvalue weighted by Crippen LogP contribution is -2.46. The number of hydrogen-bond acceptors (Lipinski definition) is 3. The van der Waals surface area contributed by atoms with Crippen LogP contribution >= 0.6 is 0 Å². The molecule has 6 heteroatoms. The Balaban J connectivity index is 1.62. The van der Waals surface area contributed by atoms with Gasteiger partial charge in [-0.1, -0.05) is 6.07 Å². The highest BCUT2D eigenvalue weighted by molar-refractivity contribution is 5.88. The maximum absolute atomic E-state index is 12.4. The van der Waals surface area contributed by atoms with Crippen LogP contribution in [-0.4, -0.2) is 51.9 Å². The van der Waals surface area contributed by atoms with Crippen LogP contribution in [-0.2, 0) is 4.79 Å². The zero-order valence-electron chi connectivity index (χ0n) is 12.9. The number of amides is 3. The Morgan fingerprint density at radius 1 is 1.36 bits per heavy atom. The lowest BCUT2D eigenvalue weighted by molar-refractivity contribution is -0.130. The smallest absolute Gasteiger partial charge is 0.323 e. The van der Waals surface area contributed by atoms with Gasteiger partial charge in [0.05, 0.1) is 6.04 Å². The van der Waals surface area contributed by atoms with Gasteiger partial charge in [0, 0.05) is 32.3 Å². The minimum Gasteiger partial charge on any atom is -0.338 e. The van der Waals surface area contributed by atoms with E-state index in [2.05, 4.69) is 10.3 Å². The number of anilines is 1. The average molecular weight is 302 g/mol. The van der Waals surface area contributed by atoms with Crippen LogP contribution < -0.4 is 5.32 Å². The van der Waals surface area contributed by atoms with Gasteiger partial charge in [-0.3, -0.25) is 10.1 Å². The molecule has 0 spiro atoms. The van der Waals surface area contributed by atoms with Crippen molar-refractivity contribution in [2.45, 2.75) is 44.7 Å². The maximum atomic E-state index is 12.4. The van der Waals surface area contributed by atoms with E-state index in [0.717, 1.165) is 32.2 Å². The number of hydrogen-bond donors (Lipinski definition) is 1. The molecule has 1 saturated heterocycles. The molecule has 1 aliphatic heterocycles. The van der Waals surface area contributed by atoms with Crippen molar-refractivity contribution in [3.05, 3.63) is 24.4 Å². The van der Waals surface area contributed by atoms with Gasteiger partial charge >= 0.3 is 6.03 Å². The minimum absolute atomic E-state index is 0.105. The first kappa shape index (κ1) is 14.8. The molecule has 1 aromatic heterocycles. The second kappa shape index (κ2) is 6.34. The predicted octanol–water partition coefficient (Wildman–Crippen LogP) is 2.09. The topological polar surface area (TPSA) is 65.5 Å². The molecule has 1 aliphatic carbocycles. The molecule has 1 N–H and O–H groups in total. The van der Waals surface area contributed by atoms with Gasteiger partial charge < -0.3 is 9.80 Å². The molecule has 0 unspecified atom stereocenters. The highest BCUT2D eigenvalue weighted by Gasteiger charge is 2.36. The van der Waals surface area contributed by atoms with Crippen molar-refractivity contribution in [1.29, 1.82) is 0 Å². The van der Waals surface area contributed by atoms with E-state index in [1.54, 1.807) is 19.2 Å². The molecule has 118 valence electrons. The fraction of sp³-hybridized carbons (Fsp3) is 0.562. The summed E-state index contributed by atoms with van der Waals surface area (Å²) in [6.45, 7) is 3.00. The monoisotopic (exact) mass is 302 g/mol. The molecule has 3 amide bonds. The van der Waals surface area contributed by atoms with E-state index in [0.29, 0.717) is 18.4 Å². The first-order chi connectivity index (χ1) is 10.6. The number of rotatable bonds is 4. The molecule has 0 bridgehead atoms. The number of aromatic nitrogens is 1. The van der Waals surface area contributed by atoms with Gasteiger partial charge in [0.25, 0.3) is 0 Å². The first-order valence-corrected chi connectivity index (χ1v) is 7.91. The Morgan fingerprint density at radius 2 is 2.18 bits per heavy atom. The van der Waals surface area contributed by atoms with Crippen LogP contribution in [0.2, 0.25) is 0 Å². The average Bonchev–Trinajstić information content (AvgIpc) is 3.23. The van der Waals surface area contributed by atoms with Crippen molar-refractivity contribution in [1.82, 2.24) is 14.8 Å². The first-order valence-electron chi connectivity index (χ1n) is 7.91. The molecule has 6 nitrogen and oxygen atoms in total. The number of nitrogens with one attached hydrogen (secondary N) is 1. The van der Waals surface area contributed by atoms with Crippen molar-refractivity contribution >= 4 is 17.8 Å². The van der Waals surface area contributed by atoms with Crippen LogP contribution in [0.5, 0.6) is 0 Å². The molecular formula is C16H22N4O2. The third-order valence-corrected chi connectivity index (χ3v) is 4.34. The van der Waals surface area contributed by atoms with E-state index in [4.69, 9.17) is 0 Å². The molecule has 2 aliphatic rings. The molecule has 3 rings (SSSR count). The van der Waals surface area contributed by atoms with Crippen molar-refractivity contribution < 1.29 is 9.59 Å². The van der Waals surface area contributed by atoms with E-state index < -0.39 is 0 Å². The number of carbonyl (C=O) groups is 2. The summed E-state index contributed by atoms with van der Waals surface area (Å²) in [6, 6.07) is 5.80. The van der Waals surface area contributed by atoms with E-state index in [1.165, 1.54) is 0 Å². The second-order valence-electron chi connectivity index (χ2n) is 6.04. The van der Waals surface area contributed by atoms with Crippen molar-refractivity contribution in [3.8, 4) is 0 Å². The number of pyridine rings is 1. The molecule has 22 heavy (non-hydrogen) atoms. The third kappa shape index (κ3) is 3.37. The maximum Gasteiger partial charge on any atom is 0.323 e. The summed E-state index contributed by atoms with van der Waals surface area (Å²) < 4.78 is 0. The van der Waals surface area contributed by atoms with E-state index in [9.17, 15) is 9.59 Å². The van der Waals surface area contributed by atoms with Gasteiger partial charge in [-0.25, -0.2) is 9.78 Å². The SMILES string of the molecule is CC(=O)N(C[C@H]1CCCN1C(=O)Nc1ccccn1)C1CC1. The summed E-state index contributed by atoms with van der Waals surface area (Å²) in [4.78, 5) is 32.1. The van der Waals surface area contributed by atoms with Gasteiger partial charge in [-0.15, -0.1) is 0 Å². The van der Waals surface area contributed by atoms with Gasteiger partial charge in [-0.2, -0.15) is 0 Å². The fourth-order valence-electron chi connectivity index (χ4n) is 3.06. The van der Waals surface area contributed by atoms with Crippen LogP contribution in [0.3, 0.4) is 0 Å². The summed E-state index contributed by atoms with van der Waals surface area (Å²) in [5, 5.41) is 2.83. The Labute approximate surface area is 130 Å². The minimum atomic E-state index is -0.125. The number of nitrogens with zero attached hydrogens (tertiary/aromatic N) is 3. The molecule has 0 radical (unpaired) electrons. The van der Waals surface area contributed by atoms with Gasteiger partial charge in [-0.05, 0) is 37.8 Å². The summed E-state index contributed by atoms with van der Waals surface area (Å²) in [6.07, 6.45) is 5.77. The molecule has 2 heterocycles. The van der Waals surface area contributed by atoms with E-state index in [1.807, 2.05) is 21.9 Å². The molecule has 1 atom stereocenters. The Morgan fingerprint density at radius 3 is 2.82 bits per heavy atom. The highest BCUT2D eigenvalue weighted by Crippen LogP contribution is 2.29. The molecule has 2 fully saturated rings. The summed E-state index contributed by atoms with van der Waals surface area (Å²) in [7, 11) is 0. The summed E-state index contributed by atoms with van der Waals surface area (Å²) in [5.41, 5.74) is 0. The van der Waals surface area contributed by atoms with Gasteiger partial charge in [0.15, 0.2) is 0 Å². The zero-order chi connectivity index (χ0) is 15.5. The largest absolute Gasteiger partial charge is 0.338 e.